The Labute approximate surface area is 143 Å². The van der Waals surface area contributed by atoms with Crippen molar-refractivity contribution in [1.82, 2.24) is 24.5 Å². The molecule has 0 spiro atoms. The van der Waals surface area contributed by atoms with Gasteiger partial charge in [0.05, 0.1) is 17.6 Å². The highest BCUT2D eigenvalue weighted by atomic mass is 15.3. The maximum atomic E-state index is 4.58. The van der Waals surface area contributed by atoms with E-state index in [1.165, 1.54) is 11.1 Å². The lowest BCUT2D eigenvalue weighted by molar-refractivity contribution is 0.271. The number of benzene rings is 1. The smallest absolute Gasteiger partial charge is 0.0651 e. The monoisotopic (exact) mass is 323 g/mol. The first kappa shape index (κ1) is 16.5. The maximum Gasteiger partial charge on any atom is 0.0651 e. The molecule has 0 N–H and O–H groups in total. The molecule has 2 heterocycles. The van der Waals surface area contributed by atoms with Crippen molar-refractivity contribution in [3.63, 3.8) is 0 Å². The van der Waals surface area contributed by atoms with E-state index >= 15 is 0 Å². The van der Waals surface area contributed by atoms with Crippen LogP contribution in [0, 0.1) is 13.8 Å². The topological polar surface area (TPSA) is 38.9 Å². The van der Waals surface area contributed by atoms with Crippen molar-refractivity contribution in [3.05, 3.63) is 65.2 Å². The van der Waals surface area contributed by atoms with Gasteiger partial charge >= 0.3 is 0 Å². The maximum absolute atomic E-state index is 4.58. The zero-order chi connectivity index (χ0) is 17.1. The van der Waals surface area contributed by atoms with Crippen LogP contribution in [0.4, 0.5) is 0 Å². The molecule has 0 radical (unpaired) electrons. The SMILES string of the molecule is CCN(Cc1cccc(-n2nc(C)cc2C)c1)Cc1cnn(C)c1. The Morgan fingerprint density at radius 1 is 1.08 bits per heavy atom. The minimum atomic E-state index is 0.911. The number of aromatic nitrogens is 4. The van der Waals surface area contributed by atoms with Crippen LogP contribution in [0.25, 0.3) is 5.69 Å². The third-order valence-electron chi connectivity index (χ3n) is 4.18. The van der Waals surface area contributed by atoms with E-state index in [0.717, 1.165) is 36.7 Å². The normalized spacial score (nSPS) is 11.4. The van der Waals surface area contributed by atoms with E-state index in [9.17, 15) is 0 Å². The summed E-state index contributed by atoms with van der Waals surface area (Å²) in [5, 5.41) is 8.84. The molecular formula is C19H25N5. The molecule has 126 valence electrons. The number of nitrogens with zero attached hydrogens (tertiary/aromatic N) is 5. The van der Waals surface area contributed by atoms with Gasteiger partial charge in [0.1, 0.15) is 0 Å². The van der Waals surface area contributed by atoms with Crippen LogP contribution in [-0.4, -0.2) is 31.0 Å². The average molecular weight is 323 g/mol. The van der Waals surface area contributed by atoms with E-state index in [0.29, 0.717) is 0 Å². The highest BCUT2D eigenvalue weighted by Gasteiger charge is 2.09. The molecule has 0 atom stereocenters. The second kappa shape index (κ2) is 7.01. The van der Waals surface area contributed by atoms with Crippen LogP contribution < -0.4 is 0 Å². The van der Waals surface area contributed by atoms with Gasteiger partial charge in [0.2, 0.25) is 0 Å². The number of rotatable bonds is 6. The van der Waals surface area contributed by atoms with E-state index in [4.69, 9.17) is 0 Å². The lowest BCUT2D eigenvalue weighted by Crippen LogP contribution is -2.22. The van der Waals surface area contributed by atoms with Crippen LogP contribution in [0.1, 0.15) is 29.4 Å². The summed E-state index contributed by atoms with van der Waals surface area (Å²) in [7, 11) is 1.96. The molecule has 0 aliphatic carbocycles. The Hall–Kier alpha value is -2.40. The van der Waals surface area contributed by atoms with Crippen molar-refractivity contribution < 1.29 is 0 Å². The van der Waals surface area contributed by atoms with Crippen molar-refractivity contribution >= 4 is 0 Å². The van der Waals surface area contributed by atoms with Gasteiger partial charge in [-0.2, -0.15) is 10.2 Å². The van der Waals surface area contributed by atoms with Gasteiger partial charge in [-0.15, -0.1) is 0 Å². The zero-order valence-corrected chi connectivity index (χ0v) is 14.9. The standard InChI is InChI=1S/C19H25N5/c1-5-23(14-18-11-20-22(4)12-18)13-17-7-6-8-19(10-17)24-16(3)9-15(2)21-24/h6-12H,5,13-14H2,1-4H3. The summed E-state index contributed by atoms with van der Waals surface area (Å²) in [6.07, 6.45) is 4.02. The Morgan fingerprint density at radius 2 is 1.88 bits per heavy atom. The average Bonchev–Trinajstić information content (AvgIpc) is 3.11. The molecule has 0 saturated heterocycles. The molecule has 5 nitrogen and oxygen atoms in total. The second-order valence-electron chi connectivity index (χ2n) is 6.33. The molecular weight excluding hydrogens is 298 g/mol. The van der Waals surface area contributed by atoms with Crippen LogP contribution in [0.15, 0.2) is 42.7 Å². The van der Waals surface area contributed by atoms with Gasteiger partial charge in [-0.25, -0.2) is 4.68 Å². The highest BCUT2D eigenvalue weighted by molar-refractivity contribution is 5.37. The summed E-state index contributed by atoms with van der Waals surface area (Å²) in [5.74, 6) is 0. The predicted molar refractivity (Wildman–Crippen MR) is 96.0 cm³/mol. The first-order valence-electron chi connectivity index (χ1n) is 8.37. The molecule has 0 bridgehead atoms. The van der Waals surface area contributed by atoms with Crippen LogP contribution in [-0.2, 0) is 20.1 Å². The van der Waals surface area contributed by atoms with Crippen LogP contribution >= 0.6 is 0 Å². The molecule has 0 fully saturated rings. The lowest BCUT2D eigenvalue weighted by Gasteiger charge is -2.20. The van der Waals surface area contributed by atoms with Crippen molar-refractivity contribution in [3.8, 4) is 5.69 Å². The third-order valence-corrected chi connectivity index (χ3v) is 4.18. The molecule has 0 aliphatic heterocycles. The van der Waals surface area contributed by atoms with Crippen molar-refractivity contribution in [1.29, 1.82) is 0 Å². The van der Waals surface area contributed by atoms with Gasteiger partial charge in [-0.3, -0.25) is 9.58 Å². The summed E-state index contributed by atoms with van der Waals surface area (Å²) >= 11 is 0. The van der Waals surface area contributed by atoms with Crippen LogP contribution in [0.2, 0.25) is 0 Å². The van der Waals surface area contributed by atoms with Gasteiger partial charge in [-0.05, 0) is 44.2 Å². The van der Waals surface area contributed by atoms with Crippen molar-refractivity contribution in [2.75, 3.05) is 6.54 Å². The molecule has 5 heteroatoms. The van der Waals surface area contributed by atoms with Gasteiger partial charge in [0.15, 0.2) is 0 Å². The van der Waals surface area contributed by atoms with Gasteiger partial charge in [0.25, 0.3) is 0 Å². The number of hydrogen-bond donors (Lipinski definition) is 0. The lowest BCUT2D eigenvalue weighted by atomic mass is 10.1. The molecule has 0 aliphatic rings. The Bertz CT molecular complexity index is 815. The fourth-order valence-electron chi connectivity index (χ4n) is 3.03. The second-order valence-corrected chi connectivity index (χ2v) is 6.33. The summed E-state index contributed by atoms with van der Waals surface area (Å²) in [4.78, 5) is 2.41. The molecule has 1 aromatic carbocycles. The summed E-state index contributed by atoms with van der Waals surface area (Å²) in [6, 6.07) is 10.7. The minimum absolute atomic E-state index is 0.911. The molecule has 2 aromatic heterocycles. The summed E-state index contributed by atoms with van der Waals surface area (Å²) in [6.45, 7) is 9.14. The number of aryl methyl sites for hydroxylation is 3. The Balaban J connectivity index is 1.76. The molecule has 0 unspecified atom stereocenters. The molecule has 3 rings (SSSR count). The first-order chi connectivity index (χ1) is 11.5. The summed E-state index contributed by atoms with van der Waals surface area (Å²) in [5.41, 5.74) is 5.87. The highest BCUT2D eigenvalue weighted by Crippen LogP contribution is 2.16. The van der Waals surface area contributed by atoms with Crippen molar-refractivity contribution in [2.24, 2.45) is 7.05 Å². The van der Waals surface area contributed by atoms with Crippen LogP contribution in [0.3, 0.4) is 0 Å². The fraction of sp³-hybridized carbons (Fsp3) is 0.368. The third kappa shape index (κ3) is 3.74. The number of hydrogen-bond acceptors (Lipinski definition) is 3. The predicted octanol–water partition coefficient (Wildman–Crippen LogP) is 3.24. The van der Waals surface area contributed by atoms with E-state index in [1.807, 2.05) is 29.5 Å². The largest absolute Gasteiger partial charge is 0.295 e. The first-order valence-corrected chi connectivity index (χ1v) is 8.37. The van der Waals surface area contributed by atoms with Gasteiger partial charge in [-0.1, -0.05) is 19.1 Å². The van der Waals surface area contributed by atoms with E-state index in [1.54, 1.807) is 0 Å². The van der Waals surface area contributed by atoms with E-state index < -0.39 is 0 Å². The molecule has 0 amide bonds. The zero-order valence-electron chi connectivity index (χ0n) is 14.9. The van der Waals surface area contributed by atoms with Gasteiger partial charge in [0, 0.05) is 37.6 Å². The van der Waals surface area contributed by atoms with Crippen molar-refractivity contribution in [2.45, 2.75) is 33.9 Å². The summed E-state index contributed by atoms with van der Waals surface area (Å²) < 4.78 is 3.86. The van der Waals surface area contributed by atoms with Gasteiger partial charge < -0.3 is 0 Å². The molecule has 0 saturated carbocycles. The fourth-order valence-corrected chi connectivity index (χ4v) is 3.03. The Kier molecular flexibility index (Phi) is 4.81. The Morgan fingerprint density at radius 3 is 2.50 bits per heavy atom. The van der Waals surface area contributed by atoms with Crippen LogP contribution in [0.5, 0.6) is 0 Å². The molecule has 24 heavy (non-hydrogen) atoms. The molecule has 3 aromatic rings. The van der Waals surface area contributed by atoms with E-state index in [-0.39, 0.29) is 0 Å². The quantitative estimate of drug-likeness (QED) is 0.699. The minimum Gasteiger partial charge on any atom is -0.295 e. The van der Waals surface area contributed by atoms with E-state index in [2.05, 4.69) is 65.5 Å².